The Kier molecular flexibility index (Phi) is 7.08. The van der Waals surface area contributed by atoms with Crippen LogP contribution in [0.2, 0.25) is 0 Å². The molecule has 0 heterocycles. The average Bonchev–Trinajstić information content (AvgIpc) is 2.21. The third kappa shape index (κ3) is 10.5. The molecule has 1 unspecified atom stereocenters. The van der Waals surface area contributed by atoms with Gasteiger partial charge in [0, 0.05) is 19.4 Å². The standard InChI is InChI=1S/C11H22NO6P/c1-11(2,3)9(13)17-8-18-10(14)12-6-5-7-19(4,15)16/h5-8H2,1-4H3,(H,12,14)(H,15,16). The van der Waals surface area contributed by atoms with Gasteiger partial charge in [-0.1, -0.05) is 0 Å². The van der Waals surface area contributed by atoms with Crippen LogP contribution in [0.1, 0.15) is 27.2 Å². The van der Waals surface area contributed by atoms with Crippen LogP contribution in [0.5, 0.6) is 0 Å². The summed E-state index contributed by atoms with van der Waals surface area (Å²) in [6.07, 6.45) is -0.224. The molecule has 8 heteroatoms. The number of carbonyl (C=O) groups is 2. The Bertz CT molecular complexity index is 357. The van der Waals surface area contributed by atoms with Gasteiger partial charge in [-0.25, -0.2) is 4.79 Å². The van der Waals surface area contributed by atoms with Crippen LogP contribution in [-0.4, -0.2) is 43.1 Å². The number of hydrogen-bond donors (Lipinski definition) is 2. The van der Waals surface area contributed by atoms with E-state index < -0.39 is 31.6 Å². The molecule has 112 valence electrons. The average molecular weight is 295 g/mol. The maximum Gasteiger partial charge on any atom is 0.410 e. The van der Waals surface area contributed by atoms with E-state index in [0.29, 0.717) is 6.42 Å². The second-order valence-corrected chi connectivity index (χ2v) is 7.84. The molecule has 2 N–H and O–H groups in total. The molecule has 0 rings (SSSR count). The first kappa shape index (κ1) is 17.9. The molecule has 0 spiro atoms. The molecule has 0 saturated heterocycles. The normalized spacial score (nSPS) is 14.4. The van der Waals surface area contributed by atoms with Crippen LogP contribution in [0.15, 0.2) is 0 Å². The van der Waals surface area contributed by atoms with E-state index in [1.807, 2.05) is 0 Å². The van der Waals surface area contributed by atoms with Gasteiger partial charge in [0.15, 0.2) is 7.37 Å². The quantitative estimate of drug-likeness (QED) is 0.333. The molecule has 0 aromatic heterocycles. The topological polar surface area (TPSA) is 102 Å². The van der Waals surface area contributed by atoms with Crippen molar-refractivity contribution in [2.45, 2.75) is 27.2 Å². The molecule has 0 aliphatic carbocycles. The zero-order valence-corrected chi connectivity index (χ0v) is 12.7. The molecule has 1 atom stereocenters. The van der Waals surface area contributed by atoms with Gasteiger partial charge in [0.25, 0.3) is 0 Å². The third-order valence-corrected chi connectivity index (χ3v) is 3.16. The van der Waals surface area contributed by atoms with Crippen molar-refractivity contribution in [2.75, 3.05) is 26.2 Å². The van der Waals surface area contributed by atoms with Gasteiger partial charge in [-0.05, 0) is 27.2 Å². The lowest BCUT2D eigenvalue weighted by molar-refractivity contribution is -0.161. The number of esters is 1. The van der Waals surface area contributed by atoms with Crippen molar-refractivity contribution >= 4 is 19.4 Å². The summed E-state index contributed by atoms with van der Waals surface area (Å²) in [6, 6.07) is 0. The minimum Gasteiger partial charge on any atom is -0.427 e. The summed E-state index contributed by atoms with van der Waals surface area (Å²) in [7, 11) is -3.04. The van der Waals surface area contributed by atoms with Crippen LogP contribution in [-0.2, 0) is 18.8 Å². The van der Waals surface area contributed by atoms with Gasteiger partial charge in [-0.3, -0.25) is 9.36 Å². The Morgan fingerprint density at radius 2 is 1.84 bits per heavy atom. The van der Waals surface area contributed by atoms with Crippen LogP contribution < -0.4 is 5.32 Å². The number of alkyl carbamates (subject to hydrolysis) is 1. The van der Waals surface area contributed by atoms with Gasteiger partial charge < -0.3 is 19.7 Å². The SMILES string of the molecule is CC(C)(C)C(=O)OCOC(=O)NCCCP(C)(=O)O. The molecule has 0 bridgehead atoms. The van der Waals surface area contributed by atoms with Crippen molar-refractivity contribution in [1.29, 1.82) is 0 Å². The van der Waals surface area contributed by atoms with E-state index in [2.05, 4.69) is 10.1 Å². The Morgan fingerprint density at radius 3 is 2.32 bits per heavy atom. The van der Waals surface area contributed by atoms with Gasteiger partial charge in [0.05, 0.1) is 5.41 Å². The minimum absolute atomic E-state index is 0.131. The zero-order chi connectivity index (χ0) is 15.1. The molecule has 19 heavy (non-hydrogen) atoms. The molecule has 7 nitrogen and oxygen atoms in total. The van der Waals surface area contributed by atoms with Gasteiger partial charge in [-0.2, -0.15) is 0 Å². The number of amides is 1. The predicted octanol–water partition coefficient (Wildman–Crippen LogP) is 1.55. The van der Waals surface area contributed by atoms with E-state index in [4.69, 9.17) is 9.63 Å². The predicted molar refractivity (Wildman–Crippen MR) is 70.1 cm³/mol. The van der Waals surface area contributed by atoms with E-state index in [1.165, 1.54) is 6.66 Å². The van der Waals surface area contributed by atoms with Crippen molar-refractivity contribution in [1.82, 2.24) is 5.32 Å². The van der Waals surface area contributed by atoms with E-state index in [0.717, 1.165) is 0 Å². The first-order chi connectivity index (χ1) is 8.52. The summed E-state index contributed by atoms with van der Waals surface area (Å²) in [5, 5.41) is 2.38. The number of nitrogens with one attached hydrogen (secondary N) is 1. The number of hydrogen-bond acceptors (Lipinski definition) is 5. The van der Waals surface area contributed by atoms with Crippen LogP contribution in [0.3, 0.4) is 0 Å². The van der Waals surface area contributed by atoms with Crippen molar-refractivity contribution < 1.29 is 28.5 Å². The fourth-order valence-corrected chi connectivity index (χ4v) is 1.71. The Hall–Kier alpha value is -1.07. The van der Waals surface area contributed by atoms with Crippen molar-refractivity contribution in [2.24, 2.45) is 5.41 Å². The van der Waals surface area contributed by atoms with Crippen LogP contribution in [0.25, 0.3) is 0 Å². The maximum atomic E-state index is 11.3. The minimum atomic E-state index is -3.04. The van der Waals surface area contributed by atoms with Crippen LogP contribution >= 0.6 is 7.37 Å². The number of rotatable bonds is 6. The summed E-state index contributed by atoms with van der Waals surface area (Å²) in [6.45, 7) is 6.10. The summed E-state index contributed by atoms with van der Waals surface area (Å²) in [5.41, 5.74) is -0.650. The molecule has 0 aliphatic heterocycles. The first-order valence-corrected chi connectivity index (χ1v) is 8.19. The molecule has 1 amide bonds. The van der Waals surface area contributed by atoms with E-state index in [9.17, 15) is 14.2 Å². The lowest BCUT2D eigenvalue weighted by Gasteiger charge is -2.16. The lowest BCUT2D eigenvalue weighted by atomic mass is 9.98. The Balaban J connectivity index is 3.67. The molecular formula is C11H22NO6P. The van der Waals surface area contributed by atoms with Crippen LogP contribution in [0, 0.1) is 5.41 Å². The molecular weight excluding hydrogens is 273 g/mol. The van der Waals surface area contributed by atoms with Crippen molar-refractivity contribution in [3.8, 4) is 0 Å². The molecule has 0 radical (unpaired) electrons. The van der Waals surface area contributed by atoms with E-state index >= 15 is 0 Å². The Morgan fingerprint density at radius 1 is 1.26 bits per heavy atom. The van der Waals surface area contributed by atoms with E-state index in [-0.39, 0.29) is 12.7 Å². The van der Waals surface area contributed by atoms with E-state index in [1.54, 1.807) is 20.8 Å². The zero-order valence-electron chi connectivity index (χ0n) is 11.8. The highest BCUT2D eigenvalue weighted by Crippen LogP contribution is 2.35. The highest BCUT2D eigenvalue weighted by Gasteiger charge is 2.23. The number of ether oxygens (including phenoxy) is 2. The third-order valence-electron chi connectivity index (χ3n) is 2.01. The van der Waals surface area contributed by atoms with Crippen LogP contribution in [0.4, 0.5) is 4.79 Å². The monoisotopic (exact) mass is 295 g/mol. The lowest BCUT2D eigenvalue weighted by Crippen LogP contribution is -2.29. The molecule has 0 aliphatic rings. The maximum absolute atomic E-state index is 11.3. The number of carbonyl (C=O) groups excluding carboxylic acids is 2. The molecule has 0 saturated carbocycles. The highest BCUT2D eigenvalue weighted by atomic mass is 31.2. The van der Waals surface area contributed by atoms with Crippen molar-refractivity contribution in [3.05, 3.63) is 0 Å². The fourth-order valence-electron chi connectivity index (χ4n) is 0.967. The van der Waals surface area contributed by atoms with Gasteiger partial charge >= 0.3 is 12.1 Å². The second kappa shape index (κ2) is 7.50. The highest BCUT2D eigenvalue weighted by molar-refractivity contribution is 7.57. The summed E-state index contributed by atoms with van der Waals surface area (Å²) in [4.78, 5) is 31.5. The second-order valence-electron chi connectivity index (χ2n) is 5.29. The van der Waals surface area contributed by atoms with Gasteiger partial charge in [0.2, 0.25) is 6.79 Å². The smallest absolute Gasteiger partial charge is 0.410 e. The van der Waals surface area contributed by atoms with Gasteiger partial charge in [0.1, 0.15) is 0 Å². The molecule has 0 aromatic rings. The largest absolute Gasteiger partial charge is 0.427 e. The molecule has 0 aromatic carbocycles. The molecule has 0 fully saturated rings. The first-order valence-electron chi connectivity index (χ1n) is 5.89. The summed E-state index contributed by atoms with van der Waals surface area (Å²) >= 11 is 0. The summed E-state index contributed by atoms with van der Waals surface area (Å²) < 4.78 is 20.3. The summed E-state index contributed by atoms with van der Waals surface area (Å²) in [5.74, 6) is -0.465. The van der Waals surface area contributed by atoms with Crippen molar-refractivity contribution in [3.63, 3.8) is 0 Å². The van der Waals surface area contributed by atoms with Gasteiger partial charge in [-0.15, -0.1) is 0 Å². The Labute approximate surface area is 113 Å². The fraction of sp³-hybridized carbons (Fsp3) is 0.818.